The van der Waals surface area contributed by atoms with Gasteiger partial charge >= 0.3 is 5.69 Å². The lowest BCUT2D eigenvalue weighted by atomic mass is 10.0. The van der Waals surface area contributed by atoms with E-state index in [4.69, 9.17) is 0 Å². The van der Waals surface area contributed by atoms with Crippen molar-refractivity contribution >= 4 is 22.8 Å². The summed E-state index contributed by atoms with van der Waals surface area (Å²) in [6.45, 7) is 5.55. The first kappa shape index (κ1) is 17.7. The molecule has 1 N–H and O–H groups in total. The highest BCUT2D eigenvalue weighted by Crippen LogP contribution is 2.27. The molecule has 0 saturated carbocycles. The van der Waals surface area contributed by atoms with Crippen LogP contribution in [0.5, 0.6) is 0 Å². The molecule has 1 amide bonds. The predicted octanol–water partition coefficient (Wildman–Crippen LogP) is 1.50. The summed E-state index contributed by atoms with van der Waals surface area (Å²) < 4.78 is 4.00. The summed E-state index contributed by atoms with van der Waals surface area (Å²) in [5.41, 5.74) is 1.94. The van der Waals surface area contributed by atoms with Gasteiger partial charge in [-0.05, 0) is 23.6 Å². The molecule has 0 aliphatic rings. The van der Waals surface area contributed by atoms with Crippen molar-refractivity contribution in [2.24, 2.45) is 14.1 Å². The molecule has 0 radical (unpaired) electrons. The number of imidazole rings is 1. The second-order valence-corrected chi connectivity index (χ2v) is 6.61. The van der Waals surface area contributed by atoms with Crippen LogP contribution in [-0.4, -0.2) is 24.6 Å². The largest absolute Gasteiger partial charge is 0.332 e. The molecule has 3 aromatic rings. The average Bonchev–Trinajstić information content (AvgIpc) is 3.02. The Morgan fingerprint density at radius 1 is 1.15 bits per heavy atom. The van der Waals surface area contributed by atoms with Crippen molar-refractivity contribution < 1.29 is 4.79 Å². The molecule has 2 heterocycles. The van der Waals surface area contributed by atoms with Crippen molar-refractivity contribution in [2.75, 3.05) is 5.32 Å². The minimum atomic E-state index is -0.440. The smallest absolute Gasteiger partial charge is 0.325 e. The lowest BCUT2D eigenvalue weighted by molar-refractivity contribution is -0.114. The van der Waals surface area contributed by atoms with Gasteiger partial charge in [-0.3, -0.25) is 23.3 Å². The number of rotatable bonds is 3. The van der Waals surface area contributed by atoms with Crippen LogP contribution in [0.25, 0.3) is 16.9 Å². The summed E-state index contributed by atoms with van der Waals surface area (Å²) in [5.74, 6) is 0.0513. The van der Waals surface area contributed by atoms with Gasteiger partial charge in [0, 0.05) is 21.0 Å². The number of hydrogen-bond donors (Lipinski definition) is 1. The summed E-state index contributed by atoms with van der Waals surface area (Å²) in [5, 5.41) is 2.79. The third-order valence-electron chi connectivity index (χ3n) is 4.41. The highest BCUT2D eigenvalue weighted by atomic mass is 16.2. The number of benzene rings is 1. The van der Waals surface area contributed by atoms with Crippen LogP contribution in [0.3, 0.4) is 0 Å². The zero-order valence-electron chi connectivity index (χ0n) is 15.4. The molecule has 0 atom stereocenters. The first-order valence-corrected chi connectivity index (χ1v) is 8.27. The molecule has 26 heavy (non-hydrogen) atoms. The second kappa shape index (κ2) is 6.29. The van der Waals surface area contributed by atoms with Crippen LogP contribution in [0, 0.1) is 0 Å². The normalized spacial score (nSPS) is 11.3. The van der Waals surface area contributed by atoms with Crippen molar-refractivity contribution in [1.82, 2.24) is 18.7 Å². The molecule has 8 nitrogen and oxygen atoms in total. The zero-order chi connectivity index (χ0) is 19.2. The van der Waals surface area contributed by atoms with Gasteiger partial charge in [0.1, 0.15) is 6.33 Å². The van der Waals surface area contributed by atoms with E-state index in [1.54, 1.807) is 11.6 Å². The standard InChI is InChI=1S/C18H21N5O3/c1-10(2)12-6-7-13(20-11(3)24)14(8-12)23-9-19-16-15(23)17(25)22(5)18(26)21(16)4/h6-10H,1-5H3,(H,20,24). The van der Waals surface area contributed by atoms with Crippen LogP contribution in [0.2, 0.25) is 0 Å². The highest BCUT2D eigenvalue weighted by Gasteiger charge is 2.18. The van der Waals surface area contributed by atoms with E-state index >= 15 is 0 Å². The molecule has 0 fully saturated rings. The topological polar surface area (TPSA) is 90.9 Å². The van der Waals surface area contributed by atoms with E-state index in [9.17, 15) is 14.4 Å². The summed E-state index contributed by atoms with van der Waals surface area (Å²) >= 11 is 0. The molecular weight excluding hydrogens is 334 g/mol. The molecule has 0 unspecified atom stereocenters. The molecule has 1 aromatic carbocycles. The average molecular weight is 355 g/mol. The van der Waals surface area contributed by atoms with Crippen molar-refractivity contribution in [2.45, 2.75) is 26.7 Å². The number of anilines is 1. The number of fused-ring (bicyclic) bond motifs is 1. The summed E-state index contributed by atoms with van der Waals surface area (Å²) in [4.78, 5) is 40.7. The zero-order valence-corrected chi connectivity index (χ0v) is 15.4. The Balaban J connectivity index is 2.40. The molecule has 0 spiro atoms. The Labute approximate surface area is 149 Å². The molecule has 0 saturated heterocycles. The van der Waals surface area contributed by atoms with Crippen LogP contribution >= 0.6 is 0 Å². The third kappa shape index (κ3) is 2.73. The SMILES string of the molecule is CC(=O)Nc1ccc(C(C)C)cc1-n1cnc2c1c(=O)n(C)c(=O)n2C. The van der Waals surface area contributed by atoms with Crippen molar-refractivity contribution in [3.63, 3.8) is 0 Å². The first-order valence-electron chi connectivity index (χ1n) is 8.27. The Bertz CT molecular complexity index is 1130. The summed E-state index contributed by atoms with van der Waals surface area (Å²) in [6, 6.07) is 5.67. The number of amides is 1. The van der Waals surface area contributed by atoms with E-state index in [1.807, 2.05) is 18.2 Å². The van der Waals surface area contributed by atoms with Crippen LogP contribution < -0.4 is 16.6 Å². The van der Waals surface area contributed by atoms with Crippen molar-refractivity contribution in [3.8, 4) is 5.69 Å². The minimum absolute atomic E-state index is 0.215. The van der Waals surface area contributed by atoms with Gasteiger partial charge in [-0.1, -0.05) is 19.9 Å². The lowest BCUT2D eigenvalue weighted by Gasteiger charge is -2.15. The quantitative estimate of drug-likeness (QED) is 0.771. The van der Waals surface area contributed by atoms with Gasteiger partial charge in [-0.2, -0.15) is 0 Å². The highest BCUT2D eigenvalue weighted by molar-refractivity contribution is 5.91. The predicted molar refractivity (Wildman–Crippen MR) is 99.9 cm³/mol. The van der Waals surface area contributed by atoms with E-state index < -0.39 is 11.2 Å². The molecule has 0 aliphatic carbocycles. The van der Waals surface area contributed by atoms with Crippen LogP contribution in [0.15, 0.2) is 34.1 Å². The minimum Gasteiger partial charge on any atom is -0.325 e. The van der Waals surface area contributed by atoms with Gasteiger partial charge in [0.05, 0.1) is 11.4 Å². The Morgan fingerprint density at radius 2 is 1.85 bits per heavy atom. The fraction of sp³-hybridized carbons (Fsp3) is 0.333. The van der Waals surface area contributed by atoms with Crippen LogP contribution in [0.1, 0.15) is 32.3 Å². The third-order valence-corrected chi connectivity index (χ3v) is 4.41. The number of hydrogen-bond acceptors (Lipinski definition) is 4. The maximum absolute atomic E-state index is 12.7. The van der Waals surface area contributed by atoms with Gasteiger partial charge in [-0.25, -0.2) is 9.78 Å². The fourth-order valence-corrected chi connectivity index (χ4v) is 2.93. The Hall–Kier alpha value is -3.16. The Morgan fingerprint density at radius 3 is 2.46 bits per heavy atom. The van der Waals surface area contributed by atoms with Gasteiger partial charge in [-0.15, -0.1) is 0 Å². The van der Waals surface area contributed by atoms with Gasteiger partial charge in [0.25, 0.3) is 5.56 Å². The van der Waals surface area contributed by atoms with Crippen LogP contribution in [-0.2, 0) is 18.9 Å². The second-order valence-electron chi connectivity index (χ2n) is 6.61. The van der Waals surface area contributed by atoms with Gasteiger partial charge in [0.2, 0.25) is 5.91 Å². The fourth-order valence-electron chi connectivity index (χ4n) is 2.93. The van der Waals surface area contributed by atoms with Gasteiger partial charge < -0.3 is 5.32 Å². The molecule has 0 aliphatic heterocycles. The van der Waals surface area contributed by atoms with Crippen LogP contribution in [0.4, 0.5) is 5.69 Å². The molecule has 136 valence electrons. The molecular formula is C18H21N5O3. The lowest BCUT2D eigenvalue weighted by Crippen LogP contribution is -2.37. The van der Waals surface area contributed by atoms with E-state index in [1.165, 1.54) is 24.9 Å². The van der Waals surface area contributed by atoms with E-state index in [0.29, 0.717) is 17.0 Å². The number of aromatic nitrogens is 4. The first-order chi connectivity index (χ1) is 12.2. The van der Waals surface area contributed by atoms with Crippen molar-refractivity contribution in [3.05, 3.63) is 50.9 Å². The molecule has 2 aromatic heterocycles. The Kier molecular flexibility index (Phi) is 4.27. The maximum Gasteiger partial charge on any atom is 0.332 e. The molecule has 0 bridgehead atoms. The molecule has 3 rings (SSSR count). The summed E-state index contributed by atoms with van der Waals surface area (Å²) in [7, 11) is 3.00. The van der Waals surface area contributed by atoms with Gasteiger partial charge in [0.15, 0.2) is 11.2 Å². The van der Waals surface area contributed by atoms with E-state index in [2.05, 4.69) is 24.1 Å². The van der Waals surface area contributed by atoms with E-state index in [-0.39, 0.29) is 17.3 Å². The monoisotopic (exact) mass is 355 g/mol. The summed E-state index contributed by atoms with van der Waals surface area (Å²) in [6.07, 6.45) is 1.50. The number of carbonyl (C=O) groups excluding carboxylic acids is 1. The number of nitrogens with one attached hydrogen (secondary N) is 1. The maximum atomic E-state index is 12.7. The van der Waals surface area contributed by atoms with E-state index in [0.717, 1.165) is 10.1 Å². The number of aryl methyl sites for hydroxylation is 1. The number of carbonyl (C=O) groups is 1. The number of nitrogens with zero attached hydrogens (tertiary/aromatic N) is 4. The van der Waals surface area contributed by atoms with Crippen molar-refractivity contribution in [1.29, 1.82) is 0 Å². The molecule has 8 heteroatoms.